The third-order valence-corrected chi connectivity index (χ3v) is 5.70. The molecule has 0 bridgehead atoms. The highest BCUT2D eigenvalue weighted by molar-refractivity contribution is 5.94. The zero-order chi connectivity index (χ0) is 23.7. The number of nitriles is 1. The molecule has 0 unspecified atom stereocenters. The maximum Gasteiger partial charge on any atom is 0.255 e. The van der Waals surface area contributed by atoms with Gasteiger partial charge in [0.05, 0.1) is 23.8 Å². The lowest BCUT2D eigenvalue weighted by molar-refractivity contribution is 0.0792. The number of hydrogen-bond donors (Lipinski definition) is 1. The molecule has 1 amide bonds. The molecule has 10 heteroatoms. The Hall–Kier alpha value is -4.52. The lowest BCUT2D eigenvalue weighted by Gasteiger charge is -2.15. The average Bonchev–Trinajstić information content (AvgIpc) is 3.51. The molecule has 170 valence electrons. The summed E-state index contributed by atoms with van der Waals surface area (Å²) < 4.78 is 7.79. The van der Waals surface area contributed by atoms with E-state index in [1.165, 1.54) is 6.20 Å². The second-order valence-corrected chi connectivity index (χ2v) is 8.14. The molecule has 0 spiro atoms. The maximum atomic E-state index is 12.6. The first-order valence-corrected chi connectivity index (χ1v) is 10.9. The second kappa shape index (κ2) is 8.78. The highest BCUT2D eigenvalue weighted by atomic mass is 16.5. The molecular formula is C24H22N8O2. The van der Waals surface area contributed by atoms with Crippen molar-refractivity contribution in [2.75, 3.05) is 18.4 Å². The Balaban J connectivity index is 1.43. The summed E-state index contributed by atoms with van der Waals surface area (Å²) in [5, 5.41) is 12.3. The number of rotatable bonds is 5. The molecule has 1 saturated heterocycles. The smallest absolute Gasteiger partial charge is 0.255 e. The Labute approximate surface area is 195 Å². The van der Waals surface area contributed by atoms with Gasteiger partial charge in [-0.15, -0.1) is 0 Å². The second-order valence-electron chi connectivity index (χ2n) is 8.14. The molecule has 1 aliphatic rings. The van der Waals surface area contributed by atoms with Crippen LogP contribution in [-0.4, -0.2) is 48.4 Å². The molecule has 4 aromatic rings. The Kier molecular flexibility index (Phi) is 5.51. The van der Waals surface area contributed by atoms with Crippen molar-refractivity contribution in [3.05, 3.63) is 59.8 Å². The van der Waals surface area contributed by atoms with Crippen LogP contribution in [0.3, 0.4) is 0 Å². The summed E-state index contributed by atoms with van der Waals surface area (Å²) in [6.07, 6.45) is 6.86. The molecule has 5 heterocycles. The van der Waals surface area contributed by atoms with Gasteiger partial charge in [0, 0.05) is 32.4 Å². The fourth-order valence-corrected chi connectivity index (χ4v) is 3.88. The molecule has 5 rings (SSSR count). The van der Waals surface area contributed by atoms with Crippen molar-refractivity contribution in [1.29, 1.82) is 5.26 Å². The number of fused-ring (bicyclic) bond motifs is 1. The van der Waals surface area contributed by atoms with Crippen LogP contribution in [0.5, 0.6) is 11.6 Å². The van der Waals surface area contributed by atoms with Crippen LogP contribution in [0.2, 0.25) is 0 Å². The summed E-state index contributed by atoms with van der Waals surface area (Å²) in [6.45, 7) is 3.43. The Morgan fingerprint density at radius 3 is 2.68 bits per heavy atom. The molecule has 0 aromatic carbocycles. The minimum absolute atomic E-state index is 0.00894. The van der Waals surface area contributed by atoms with E-state index in [0.29, 0.717) is 45.6 Å². The number of likely N-dealkylation sites (tertiary alicyclic amines) is 1. The van der Waals surface area contributed by atoms with Gasteiger partial charge in [0.2, 0.25) is 5.88 Å². The van der Waals surface area contributed by atoms with Gasteiger partial charge in [0.1, 0.15) is 23.1 Å². The topological polar surface area (TPSA) is 122 Å². The summed E-state index contributed by atoms with van der Waals surface area (Å²) in [5.74, 6) is 1.42. The number of imidazole rings is 1. The Morgan fingerprint density at radius 2 is 1.97 bits per heavy atom. The van der Waals surface area contributed by atoms with Crippen molar-refractivity contribution < 1.29 is 9.53 Å². The van der Waals surface area contributed by atoms with Crippen molar-refractivity contribution in [3.63, 3.8) is 0 Å². The Bertz CT molecular complexity index is 1420. The lowest BCUT2D eigenvalue weighted by Crippen LogP contribution is -2.27. The van der Waals surface area contributed by atoms with E-state index in [9.17, 15) is 4.79 Å². The summed E-state index contributed by atoms with van der Waals surface area (Å²) in [5.41, 5.74) is 3.60. The van der Waals surface area contributed by atoms with Gasteiger partial charge >= 0.3 is 0 Å². The minimum Gasteiger partial charge on any atom is -0.437 e. The van der Waals surface area contributed by atoms with Crippen LogP contribution in [0, 0.1) is 18.3 Å². The minimum atomic E-state index is 0.00894. The normalized spacial score (nSPS) is 13.1. The van der Waals surface area contributed by atoms with Crippen LogP contribution in [0.25, 0.3) is 11.2 Å². The average molecular weight is 454 g/mol. The zero-order valence-electron chi connectivity index (χ0n) is 18.8. The number of ether oxygens (including phenoxy) is 1. The van der Waals surface area contributed by atoms with Crippen molar-refractivity contribution in [3.8, 4) is 17.7 Å². The molecule has 0 radical (unpaired) electrons. The fourth-order valence-electron chi connectivity index (χ4n) is 3.88. The first-order chi connectivity index (χ1) is 16.5. The first kappa shape index (κ1) is 21.3. The van der Waals surface area contributed by atoms with Gasteiger partial charge in [-0.1, -0.05) is 0 Å². The molecule has 0 saturated carbocycles. The number of carbonyl (C=O) groups excluding carboxylic acids is 1. The van der Waals surface area contributed by atoms with E-state index >= 15 is 0 Å². The highest BCUT2D eigenvalue weighted by Gasteiger charge is 2.20. The SMILES string of the molecule is Cc1cc(C#N)ncc1Oc1cc(Nc2ccc(C(=O)N3CCCC3)cn2)c2ncn(C)c2n1. The molecule has 10 nitrogen and oxygen atoms in total. The third-order valence-electron chi connectivity index (χ3n) is 5.70. The predicted molar refractivity (Wildman–Crippen MR) is 125 cm³/mol. The van der Waals surface area contributed by atoms with Gasteiger partial charge in [0.15, 0.2) is 11.4 Å². The molecule has 0 aliphatic carbocycles. The zero-order valence-corrected chi connectivity index (χ0v) is 18.8. The summed E-state index contributed by atoms with van der Waals surface area (Å²) in [6, 6.07) is 8.95. The molecular weight excluding hydrogens is 432 g/mol. The van der Waals surface area contributed by atoms with E-state index in [4.69, 9.17) is 10.00 Å². The van der Waals surface area contributed by atoms with Crippen molar-refractivity contribution in [2.24, 2.45) is 7.05 Å². The van der Waals surface area contributed by atoms with Crippen LogP contribution in [-0.2, 0) is 7.05 Å². The Morgan fingerprint density at radius 1 is 1.15 bits per heavy atom. The number of nitrogens with one attached hydrogen (secondary N) is 1. The number of amides is 1. The number of hydrogen-bond acceptors (Lipinski definition) is 8. The van der Waals surface area contributed by atoms with Gasteiger partial charge in [-0.05, 0) is 43.5 Å². The number of nitrogens with zero attached hydrogens (tertiary/aromatic N) is 7. The van der Waals surface area contributed by atoms with Crippen molar-refractivity contribution >= 4 is 28.6 Å². The van der Waals surface area contributed by atoms with Crippen LogP contribution in [0.4, 0.5) is 11.5 Å². The van der Waals surface area contributed by atoms with Gasteiger partial charge in [-0.2, -0.15) is 10.2 Å². The molecule has 4 aromatic heterocycles. The molecule has 0 atom stereocenters. The van der Waals surface area contributed by atoms with Crippen molar-refractivity contribution in [1.82, 2.24) is 29.4 Å². The maximum absolute atomic E-state index is 12.6. The van der Waals surface area contributed by atoms with Crippen LogP contribution in [0.1, 0.15) is 34.5 Å². The summed E-state index contributed by atoms with van der Waals surface area (Å²) >= 11 is 0. The van der Waals surface area contributed by atoms with Gasteiger partial charge < -0.3 is 19.5 Å². The number of carbonyl (C=O) groups is 1. The molecule has 34 heavy (non-hydrogen) atoms. The third kappa shape index (κ3) is 4.11. The summed E-state index contributed by atoms with van der Waals surface area (Å²) in [4.78, 5) is 32.0. The number of aryl methyl sites for hydroxylation is 2. The monoisotopic (exact) mass is 454 g/mol. The quantitative estimate of drug-likeness (QED) is 0.484. The standard InChI is InChI=1S/C24H22N8O2/c1-15-9-17(11-25)26-13-19(15)34-21-10-18(22-23(30-21)31(2)14-28-22)29-20-6-5-16(12-27-20)24(33)32-7-3-4-8-32/h5-6,9-10,12-14H,3-4,7-8H2,1-2H3,(H,27,29,30). The predicted octanol–water partition coefficient (Wildman–Crippen LogP) is 3.71. The lowest BCUT2D eigenvalue weighted by atomic mass is 10.2. The molecule has 1 aliphatic heterocycles. The van der Waals surface area contributed by atoms with E-state index in [1.807, 2.05) is 24.9 Å². The van der Waals surface area contributed by atoms with Crippen LogP contribution < -0.4 is 10.1 Å². The van der Waals surface area contributed by atoms with E-state index in [-0.39, 0.29) is 5.91 Å². The number of pyridine rings is 3. The van der Waals surface area contributed by atoms with Crippen LogP contribution in [0.15, 0.2) is 43.0 Å². The first-order valence-electron chi connectivity index (χ1n) is 10.9. The summed E-state index contributed by atoms with van der Waals surface area (Å²) in [7, 11) is 1.85. The van der Waals surface area contributed by atoms with Gasteiger partial charge in [-0.25, -0.2) is 15.0 Å². The largest absolute Gasteiger partial charge is 0.437 e. The van der Waals surface area contributed by atoms with Gasteiger partial charge in [0.25, 0.3) is 5.91 Å². The highest BCUT2D eigenvalue weighted by Crippen LogP contribution is 2.31. The van der Waals surface area contributed by atoms with E-state index in [0.717, 1.165) is 31.5 Å². The van der Waals surface area contributed by atoms with E-state index in [2.05, 4.69) is 25.3 Å². The van der Waals surface area contributed by atoms with Crippen LogP contribution >= 0.6 is 0 Å². The van der Waals surface area contributed by atoms with Gasteiger partial charge in [-0.3, -0.25) is 4.79 Å². The van der Waals surface area contributed by atoms with E-state index < -0.39 is 0 Å². The fraction of sp³-hybridized carbons (Fsp3) is 0.250. The molecule has 1 fully saturated rings. The molecule has 1 N–H and O–H groups in total. The van der Waals surface area contributed by atoms with E-state index in [1.54, 1.807) is 41.4 Å². The number of anilines is 2. The number of aromatic nitrogens is 5. The van der Waals surface area contributed by atoms with Crippen molar-refractivity contribution in [2.45, 2.75) is 19.8 Å².